The number of benzene rings is 1. The van der Waals surface area contributed by atoms with Gasteiger partial charge in [-0.05, 0) is 18.2 Å². The third kappa shape index (κ3) is 1.37. The van der Waals surface area contributed by atoms with E-state index in [1.165, 1.54) is 12.1 Å². The Morgan fingerprint density at radius 2 is 2.36 bits per heavy atom. The highest BCUT2D eigenvalue weighted by Gasteiger charge is 2.10. The lowest BCUT2D eigenvalue weighted by Gasteiger charge is -1.93. The molecule has 0 atom stereocenters. The minimum atomic E-state index is -1.27. The van der Waals surface area contributed by atoms with Crippen molar-refractivity contribution in [2.24, 2.45) is 0 Å². The summed E-state index contributed by atoms with van der Waals surface area (Å²) < 4.78 is 17.5. The number of nitrogens with zero attached hydrogens (tertiary/aromatic N) is 1. The van der Waals surface area contributed by atoms with E-state index in [0.29, 0.717) is 11.0 Å². The lowest BCUT2D eigenvalue weighted by Crippen LogP contribution is -2.07. The summed E-state index contributed by atoms with van der Waals surface area (Å²) in [4.78, 5) is 10.3. The molecule has 14 heavy (non-hydrogen) atoms. The topological polar surface area (TPSA) is 75.4 Å². The lowest BCUT2D eigenvalue weighted by atomic mass is 10.2. The van der Waals surface area contributed by atoms with Crippen LogP contribution >= 0.6 is 0 Å². The van der Waals surface area contributed by atoms with Crippen molar-refractivity contribution in [3.63, 3.8) is 0 Å². The quantitative estimate of drug-likeness (QED) is 0.731. The summed E-state index contributed by atoms with van der Waals surface area (Å²) in [6.45, 7) is 0. The Hall–Kier alpha value is -2.11. The number of hydrogen-bond donors (Lipinski definition) is 2. The van der Waals surface area contributed by atoms with Crippen LogP contribution in [-0.2, 0) is 0 Å². The number of carboxylic acid groups (broad SMARTS) is 1. The number of carbonyl (C=O) groups is 1. The smallest absolute Gasteiger partial charge is 0.410 e. The maximum Gasteiger partial charge on any atom is 0.410 e. The van der Waals surface area contributed by atoms with Crippen LogP contribution in [0.4, 0.5) is 15.0 Å². The van der Waals surface area contributed by atoms with Crippen LogP contribution in [0.1, 0.15) is 0 Å². The van der Waals surface area contributed by atoms with Crippen LogP contribution in [0.5, 0.6) is 0 Å². The van der Waals surface area contributed by atoms with Gasteiger partial charge in [-0.3, -0.25) is 5.32 Å². The molecule has 2 rings (SSSR count). The second-order valence-corrected chi connectivity index (χ2v) is 2.60. The molecule has 0 unspecified atom stereocenters. The van der Waals surface area contributed by atoms with Gasteiger partial charge >= 0.3 is 6.09 Å². The Bertz CT molecular complexity index is 494. The molecule has 0 aliphatic carbocycles. The fourth-order valence-corrected chi connectivity index (χ4v) is 1.10. The summed E-state index contributed by atoms with van der Waals surface area (Å²) >= 11 is 0. The van der Waals surface area contributed by atoms with Gasteiger partial charge in [0.2, 0.25) is 0 Å². The summed E-state index contributed by atoms with van der Waals surface area (Å²) in [7, 11) is 0. The van der Waals surface area contributed by atoms with Crippen molar-refractivity contribution < 1.29 is 18.8 Å². The van der Waals surface area contributed by atoms with Gasteiger partial charge in [-0.25, -0.2) is 9.18 Å². The number of hydrogen-bond acceptors (Lipinski definition) is 3. The van der Waals surface area contributed by atoms with Crippen molar-refractivity contribution in [1.82, 2.24) is 5.16 Å². The van der Waals surface area contributed by atoms with E-state index in [-0.39, 0.29) is 5.82 Å². The summed E-state index contributed by atoms with van der Waals surface area (Å²) in [6, 6.07) is 3.74. The van der Waals surface area contributed by atoms with Crippen LogP contribution in [0.2, 0.25) is 0 Å². The molecule has 0 bridgehead atoms. The van der Waals surface area contributed by atoms with E-state index < -0.39 is 11.9 Å². The van der Waals surface area contributed by atoms with Crippen LogP contribution in [0.3, 0.4) is 0 Å². The van der Waals surface area contributed by atoms with E-state index in [0.717, 1.165) is 6.07 Å². The summed E-state index contributed by atoms with van der Waals surface area (Å²) in [6.07, 6.45) is -1.27. The first-order valence-electron chi connectivity index (χ1n) is 3.72. The number of amides is 1. The van der Waals surface area contributed by atoms with Gasteiger partial charge in [0.15, 0.2) is 11.4 Å². The van der Waals surface area contributed by atoms with Gasteiger partial charge in [0, 0.05) is 0 Å². The van der Waals surface area contributed by atoms with Gasteiger partial charge in [0.25, 0.3) is 0 Å². The molecule has 0 aliphatic heterocycles. The Kier molecular flexibility index (Phi) is 1.81. The zero-order chi connectivity index (χ0) is 10.1. The van der Waals surface area contributed by atoms with Crippen molar-refractivity contribution in [1.29, 1.82) is 0 Å². The molecule has 6 heteroatoms. The highest BCUT2D eigenvalue weighted by Crippen LogP contribution is 2.23. The second kappa shape index (κ2) is 2.99. The first-order valence-corrected chi connectivity index (χ1v) is 3.72. The maximum atomic E-state index is 12.8. The molecule has 2 aromatic rings. The predicted molar refractivity (Wildman–Crippen MR) is 45.6 cm³/mol. The normalized spacial score (nSPS) is 10.4. The van der Waals surface area contributed by atoms with Gasteiger partial charge in [0.1, 0.15) is 5.82 Å². The van der Waals surface area contributed by atoms with Crippen LogP contribution < -0.4 is 5.32 Å². The van der Waals surface area contributed by atoms with Gasteiger partial charge < -0.3 is 9.63 Å². The molecule has 1 heterocycles. The number of aromatic nitrogens is 1. The summed E-state index contributed by atoms with van der Waals surface area (Å²) in [5.74, 6) is -0.485. The van der Waals surface area contributed by atoms with Gasteiger partial charge in [0.05, 0.1) is 5.39 Å². The standard InChI is InChI=1S/C8H5FN2O3/c9-4-1-2-6-5(3-4)7(11-14-6)10-8(12)13/h1-3H,(H,10,11)(H,12,13). The van der Waals surface area contributed by atoms with Crippen molar-refractivity contribution >= 4 is 22.9 Å². The van der Waals surface area contributed by atoms with E-state index in [9.17, 15) is 9.18 Å². The third-order valence-corrected chi connectivity index (χ3v) is 1.66. The second-order valence-electron chi connectivity index (χ2n) is 2.60. The molecule has 0 fully saturated rings. The molecule has 5 nitrogen and oxygen atoms in total. The molecule has 1 amide bonds. The average molecular weight is 196 g/mol. The van der Waals surface area contributed by atoms with Crippen LogP contribution in [0, 0.1) is 5.82 Å². The van der Waals surface area contributed by atoms with E-state index in [1.54, 1.807) is 0 Å². The van der Waals surface area contributed by atoms with Crippen LogP contribution in [0.25, 0.3) is 11.0 Å². The molecule has 0 saturated heterocycles. The molecule has 0 radical (unpaired) electrons. The summed E-state index contributed by atoms with van der Waals surface area (Å²) in [5.41, 5.74) is 0.329. The minimum Gasteiger partial charge on any atom is -0.465 e. The van der Waals surface area contributed by atoms with Crippen molar-refractivity contribution in [3.8, 4) is 0 Å². The number of fused-ring (bicyclic) bond motifs is 1. The SMILES string of the molecule is O=C(O)Nc1noc2ccc(F)cc12. The van der Waals surface area contributed by atoms with E-state index in [1.807, 2.05) is 5.32 Å². The van der Waals surface area contributed by atoms with Gasteiger partial charge in [-0.1, -0.05) is 5.16 Å². The highest BCUT2D eigenvalue weighted by atomic mass is 19.1. The van der Waals surface area contributed by atoms with E-state index >= 15 is 0 Å². The Balaban J connectivity index is 2.55. The molecule has 0 spiro atoms. The van der Waals surface area contributed by atoms with Crippen LogP contribution in [-0.4, -0.2) is 16.4 Å². The zero-order valence-electron chi connectivity index (χ0n) is 6.82. The Labute approximate surface area is 77.1 Å². The third-order valence-electron chi connectivity index (χ3n) is 1.66. The molecule has 1 aromatic carbocycles. The van der Waals surface area contributed by atoms with Gasteiger partial charge in [-0.2, -0.15) is 0 Å². The molecule has 72 valence electrons. The molecule has 0 saturated carbocycles. The molecular formula is C8H5FN2O3. The number of nitrogens with one attached hydrogen (secondary N) is 1. The van der Waals surface area contributed by atoms with E-state index in [4.69, 9.17) is 9.63 Å². The molecule has 2 N–H and O–H groups in total. The zero-order valence-corrected chi connectivity index (χ0v) is 6.82. The first kappa shape index (κ1) is 8.49. The fourth-order valence-electron chi connectivity index (χ4n) is 1.10. The molecule has 1 aromatic heterocycles. The maximum absolute atomic E-state index is 12.8. The Morgan fingerprint density at radius 1 is 1.57 bits per heavy atom. The largest absolute Gasteiger partial charge is 0.465 e. The fraction of sp³-hybridized carbons (Fsp3) is 0. The van der Waals surface area contributed by atoms with E-state index in [2.05, 4.69) is 5.16 Å². The summed E-state index contributed by atoms with van der Waals surface area (Å²) in [5, 5.41) is 14.2. The van der Waals surface area contributed by atoms with Crippen LogP contribution in [0.15, 0.2) is 22.7 Å². The monoisotopic (exact) mass is 196 g/mol. The minimum absolute atomic E-state index is 0.00741. The van der Waals surface area contributed by atoms with Crippen molar-refractivity contribution in [2.75, 3.05) is 5.32 Å². The van der Waals surface area contributed by atoms with Crippen molar-refractivity contribution in [2.45, 2.75) is 0 Å². The Morgan fingerprint density at radius 3 is 3.07 bits per heavy atom. The van der Waals surface area contributed by atoms with Crippen molar-refractivity contribution in [3.05, 3.63) is 24.0 Å². The molecular weight excluding hydrogens is 191 g/mol. The number of rotatable bonds is 1. The predicted octanol–water partition coefficient (Wildman–Crippen LogP) is 2.06. The first-order chi connectivity index (χ1) is 6.66. The highest BCUT2D eigenvalue weighted by molar-refractivity contribution is 5.95. The van der Waals surface area contributed by atoms with Gasteiger partial charge in [-0.15, -0.1) is 0 Å². The average Bonchev–Trinajstić information content (AvgIpc) is 2.47. The number of anilines is 1. The lowest BCUT2D eigenvalue weighted by molar-refractivity contribution is 0.209. The molecule has 0 aliphatic rings. The number of halogens is 1.